The number of rotatable bonds is 6. The molecule has 0 aromatic heterocycles. The molecule has 2 fully saturated rings. The van der Waals surface area contributed by atoms with Gasteiger partial charge in [-0.3, -0.25) is 9.59 Å². The third kappa shape index (κ3) is 3.50. The highest BCUT2D eigenvalue weighted by molar-refractivity contribution is 8.01. The van der Waals surface area contributed by atoms with Crippen molar-refractivity contribution in [1.82, 2.24) is 10.2 Å². The molecule has 1 unspecified atom stereocenters. The molecule has 0 bridgehead atoms. The lowest BCUT2D eigenvalue weighted by molar-refractivity contribution is -0.161. The van der Waals surface area contributed by atoms with Crippen LogP contribution in [0, 0.1) is 5.92 Å². The molecule has 2 aliphatic heterocycles. The van der Waals surface area contributed by atoms with Crippen LogP contribution in [-0.4, -0.2) is 56.1 Å². The molecule has 1 aromatic carbocycles. The van der Waals surface area contributed by atoms with Crippen LogP contribution in [0.5, 0.6) is 5.75 Å². The Bertz CT molecular complexity index is 752. The zero-order chi connectivity index (χ0) is 19.9. The Hall–Kier alpha value is -2.22. The first kappa shape index (κ1) is 19.5. The van der Waals surface area contributed by atoms with Crippen molar-refractivity contribution in [1.29, 1.82) is 0 Å². The second-order valence-corrected chi connectivity index (χ2v) is 9.45. The maximum Gasteiger partial charge on any atom is 0.327 e. The first-order chi connectivity index (χ1) is 12.6. The van der Waals surface area contributed by atoms with Crippen molar-refractivity contribution in [3.63, 3.8) is 0 Å². The summed E-state index contributed by atoms with van der Waals surface area (Å²) < 4.78 is 5.19. The van der Waals surface area contributed by atoms with Gasteiger partial charge in [0.1, 0.15) is 23.2 Å². The monoisotopic (exact) mass is 392 g/mol. The Balaban J connectivity index is 1.70. The summed E-state index contributed by atoms with van der Waals surface area (Å²) in [6.45, 7) is 7.35. The van der Waals surface area contributed by atoms with E-state index in [1.807, 2.05) is 32.0 Å². The summed E-state index contributed by atoms with van der Waals surface area (Å²) in [6, 6.07) is 7.41. The number of hydrogen-bond acceptors (Lipinski definition) is 5. The number of carbonyl (C=O) groups is 3. The molecule has 2 amide bonds. The zero-order valence-corrected chi connectivity index (χ0v) is 16.5. The molecule has 2 aliphatic rings. The van der Waals surface area contributed by atoms with Crippen molar-refractivity contribution >= 4 is 29.5 Å². The standard InChI is InChI=1S/C19H24N2O5S/c1-10(2)13(26-11-8-6-5-7-9-11)15(22)20-12-16(23)21-14(18(24)25)19(3,4)27-17(12)21/h5-10,12-14,17H,1-4H3,(H,20,22)(H,24,25)/t12-,13?,14+,17-/m1/s1. The van der Waals surface area contributed by atoms with Crippen LogP contribution in [-0.2, 0) is 14.4 Å². The van der Waals surface area contributed by atoms with Gasteiger partial charge in [-0.25, -0.2) is 4.79 Å². The van der Waals surface area contributed by atoms with Gasteiger partial charge in [-0.1, -0.05) is 32.0 Å². The SMILES string of the molecule is CC(C)C(Oc1ccccc1)C(=O)N[C@@H]1C(=O)N2[C@@H]1SC(C)(C)[C@@H]2C(=O)O. The Kier molecular flexibility index (Phi) is 5.12. The average molecular weight is 392 g/mol. The Morgan fingerprint density at radius 1 is 1.26 bits per heavy atom. The number of carboxylic acids is 1. The molecule has 3 rings (SSSR count). The maximum atomic E-state index is 12.8. The average Bonchev–Trinajstić information content (AvgIpc) is 2.86. The highest BCUT2D eigenvalue weighted by Crippen LogP contribution is 2.50. The van der Waals surface area contributed by atoms with Crippen molar-refractivity contribution < 1.29 is 24.2 Å². The predicted molar refractivity (Wildman–Crippen MR) is 101 cm³/mol. The topological polar surface area (TPSA) is 95.9 Å². The number of aliphatic carboxylic acids is 1. The van der Waals surface area contributed by atoms with E-state index in [-0.39, 0.29) is 23.1 Å². The van der Waals surface area contributed by atoms with Gasteiger partial charge in [-0.15, -0.1) is 11.8 Å². The van der Waals surface area contributed by atoms with E-state index >= 15 is 0 Å². The molecule has 146 valence electrons. The summed E-state index contributed by atoms with van der Waals surface area (Å²) in [5, 5.41) is 11.9. The molecule has 0 saturated carbocycles. The number of nitrogens with zero attached hydrogens (tertiary/aromatic N) is 1. The van der Waals surface area contributed by atoms with Gasteiger partial charge in [-0.05, 0) is 31.9 Å². The summed E-state index contributed by atoms with van der Waals surface area (Å²) >= 11 is 1.40. The number of ether oxygens (including phenoxy) is 1. The van der Waals surface area contributed by atoms with Gasteiger partial charge >= 0.3 is 5.97 Å². The lowest BCUT2D eigenvalue weighted by Gasteiger charge is -2.44. The minimum absolute atomic E-state index is 0.101. The molecule has 27 heavy (non-hydrogen) atoms. The quantitative estimate of drug-likeness (QED) is 0.716. The second-order valence-electron chi connectivity index (χ2n) is 7.68. The van der Waals surface area contributed by atoms with E-state index in [4.69, 9.17) is 4.74 Å². The van der Waals surface area contributed by atoms with Crippen LogP contribution in [0.4, 0.5) is 0 Å². The first-order valence-corrected chi connectivity index (χ1v) is 9.76. The number of carboxylic acid groups (broad SMARTS) is 1. The number of β-lactam (4-membered cyclic amide) rings is 1. The van der Waals surface area contributed by atoms with E-state index in [0.717, 1.165) is 0 Å². The van der Waals surface area contributed by atoms with E-state index in [9.17, 15) is 19.5 Å². The minimum Gasteiger partial charge on any atom is -0.480 e. The molecule has 2 heterocycles. The smallest absolute Gasteiger partial charge is 0.327 e. The maximum absolute atomic E-state index is 12.8. The van der Waals surface area contributed by atoms with Gasteiger partial charge in [-0.2, -0.15) is 0 Å². The predicted octanol–water partition coefficient (Wildman–Crippen LogP) is 1.72. The fraction of sp³-hybridized carbons (Fsp3) is 0.526. The van der Waals surface area contributed by atoms with E-state index < -0.39 is 28.9 Å². The van der Waals surface area contributed by atoms with Crippen LogP contribution >= 0.6 is 11.8 Å². The molecule has 8 heteroatoms. The van der Waals surface area contributed by atoms with Gasteiger partial charge in [0.2, 0.25) is 5.91 Å². The molecule has 4 atom stereocenters. The number of thioether (sulfide) groups is 1. The fourth-order valence-corrected chi connectivity index (χ4v) is 5.14. The Morgan fingerprint density at radius 3 is 2.44 bits per heavy atom. The van der Waals surface area contributed by atoms with Crippen LogP contribution in [0.25, 0.3) is 0 Å². The molecule has 0 aliphatic carbocycles. The number of amides is 2. The molecular formula is C19H24N2O5S. The number of benzene rings is 1. The van der Waals surface area contributed by atoms with E-state index in [1.165, 1.54) is 16.7 Å². The summed E-state index contributed by atoms with van der Waals surface area (Å²) in [7, 11) is 0. The first-order valence-electron chi connectivity index (χ1n) is 8.88. The minimum atomic E-state index is -1.03. The zero-order valence-electron chi connectivity index (χ0n) is 15.7. The van der Waals surface area contributed by atoms with Gasteiger partial charge in [0, 0.05) is 4.75 Å². The van der Waals surface area contributed by atoms with Gasteiger partial charge in [0.15, 0.2) is 6.10 Å². The lowest BCUT2D eigenvalue weighted by atomic mass is 9.95. The second kappa shape index (κ2) is 7.07. The van der Waals surface area contributed by atoms with Crippen LogP contribution in [0.15, 0.2) is 30.3 Å². The Morgan fingerprint density at radius 2 is 1.89 bits per heavy atom. The number of para-hydroxylation sites is 1. The van der Waals surface area contributed by atoms with Crippen molar-refractivity contribution in [2.24, 2.45) is 5.92 Å². The van der Waals surface area contributed by atoms with E-state index in [2.05, 4.69) is 5.32 Å². The molecular weight excluding hydrogens is 368 g/mol. The van der Waals surface area contributed by atoms with Crippen molar-refractivity contribution in [2.75, 3.05) is 0 Å². The summed E-state index contributed by atoms with van der Waals surface area (Å²) in [5.74, 6) is -1.28. The van der Waals surface area contributed by atoms with Crippen molar-refractivity contribution in [3.8, 4) is 5.75 Å². The van der Waals surface area contributed by atoms with E-state index in [0.29, 0.717) is 5.75 Å². The number of carbonyl (C=O) groups excluding carboxylic acids is 2. The van der Waals surface area contributed by atoms with Crippen LogP contribution in [0.1, 0.15) is 27.7 Å². The van der Waals surface area contributed by atoms with Crippen molar-refractivity contribution in [3.05, 3.63) is 30.3 Å². The molecule has 0 radical (unpaired) electrons. The molecule has 1 aromatic rings. The van der Waals surface area contributed by atoms with Crippen LogP contribution in [0.3, 0.4) is 0 Å². The third-order valence-corrected chi connectivity index (χ3v) is 6.41. The Labute approximate surface area is 162 Å². The van der Waals surface area contributed by atoms with Crippen molar-refractivity contribution in [2.45, 2.75) is 56.0 Å². The lowest BCUT2D eigenvalue weighted by Crippen LogP contribution is -2.71. The van der Waals surface area contributed by atoms with Gasteiger partial charge in [0.05, 0.1) is 0 Å². The molecule has 2 N–H and O–H groups in total. The molecule has 7 nitrogen and oxygen atoms in total. The summed E-state index contributed by atoms with van der Waals surface area (Å²) in [6.07, 6.45) is -0.746. The largest absolute Gasteiger partial charge is 0.480 e. The highest BCUT2D eigenvalue weighted by Gasteiger charge is 2.64. The molecule has 2 saturated heterocycles. The summed E-state index contributed by atoms with van der Waals surface area (Å²) in [5.41, 5.74) is 0. The fourth-order valence-electron chi connectivity index (χ4n) is 3.52. The van der Waals surface area contributed by atoms with E-state index in [1.54, 1.807) is 26.0 Å². The number of hydrogen-bond donors (Lipinski definition) is 2. The van der Waals surface area contributed by atoms with Gasteiger partial charge < -0.3 is 20.1 Å². The normalized spacial score (nSPS) is 26.9. The van der Waals surface area contributed by atoms with Crippen LogP contribution < -0.4 is 10.1 Å². The highest BCUT2D eigenvalue weighted by atomic mass is 32.2. The summed E-state index contributed by atoms with van der Waals surface area (Å²) in [4.78, 5) is 38.2. The van der Waals surface area contributed by atoms with Crippen LogP contribution in [0.2, 0.25) is 0 Å². The molecule has 0 spiro atoms. The third-order valence-electron chi connectivity index (χ3n) is 4.84. The van der Waals surface area contributed by atoms with Gasteiger partial charge in [0.25, 0.3) is 5.91 Å². The number of nitrogens with one attached hydrogen (secondary N) is 1. The number of fused-ring (bicyclic) bond motifs is 1.